The Morgan fingerprint density at radius 3 is 2.25 bits per heavy atom. The van der Waals surface area contributed by atoms with Gasteiger partial charge in [-0.1, -0.05) is 48.5 Å². The Hall–Kier alpha value is -3.93. The monoisotopic (exact) mass is 424 g/mol. The SMILES string of the molecule is O=C1COC2=C1C1(CCc3c4c(c5ccccc5c3O1)OCC4=O)C(=O)c1ccccc12. The second kappa shape index (κ2) is 5.85. The fourth-order valence-corrected chi connectivity index (χ4v) is 5.54. The van der Waals surface area contributed by atoms with Crippen molar-refractivity contribution in [3.05, 3.63) is 76.4 Å². The van der Waals surface area contributed by atoms with Gasteiger partial charge in [-0.15, -0.1) is 0 Å². The van der Waals surface area contributed by atoms with Gasteiger partial charge in [-0.05, 0) is 6.42 Å². The fraction of sp³-hybridized carbons (Fsp3) is 0.192. The van der Waals surface area contributed by atoms with E-state index in [9.17, 15) is 14.4 Å². The van der Waals surface area contributed by atoms with Gasteiger partial charge in [0.05, 0.1) is 11.1 Å². The molecule has 0 radical (unpaired) electrons. The Morgan fingerprint density at radius 2 is 1.44 bits per heavy atom. The molecular formula is C26H16O6. The first-order valence-corrected chi connectivity index (χ1v) is 10.6. The molecule has 0 bridgehead atoms. The van der Waals surface area contributed by atoms with Crippen LogP contribution in [0.3, 0.4) is 0 Å². The molecule has 4 aliphatic rings. The number of hydrogen-bond acceptors (Lipinski definition) is 6. The van der Waals surface area contributed by atoms with E-state index in [0.717, 1.165) is 16.3 Å². The average molecular weight is 424 g/mol. The first-order valence-electron chi connectivity index (χ1n) is 10.6. The Balaban J connectivity index is 1.52. The third-order valence-electron chi connectivity index (χ3n) is 6.89. The first-order chi connectivity index (χ1) is 15.6. The van der Waals surface area contributed by atoms with E-state index in [2.05, 4.69) is 0 Å². The number of carbonyl (C=O) groups is 3. The van der Waals surface area contributed by atoms with Gasteiger partial charge in [0, 0.05) is 33.9 Å². The molecule has 1 unspecified atom stereocenters. The van der Waals surface area contributed by atoms with Crippen LogP contribution in [0.2, 0.25) is 0 Å². The highest BCUT2D eigenvalue weighted by atomic mass is 16.5. The summed E-state index contributed by atoms with van der Waals surface area (Å²) in [4.78, 5) is 39.5. The van der Waals surface area contributed by atoms with Crippen molar-refractivity contribution in [3.8, 4) is 11.5 Å². The summed E-state index contributed by atoms with van der Waals surface area (Å²) in [5.41, 5.74) is 1.20. The smallest absolute Gasteiger partial charge is 0.212 e. The van der Waals surface area contributed by atoms with Crippen LogP contribution in [0.1, 0.15) is 38.3 Å². The van der Waals surface area contributed by atoms with Crippen molar-refractivity contribution < 1.29 is 28.6 Å². The lowest BCUT2D eigenvalue weighted by atomic mass is 9.72. The van der Waals surface area contributed by atoms with Gasteiger partial charge in [-0.25, -0.2) is 0 Å². The summed E-state index contributed by atoms with van der Waals surface area (Å²) in [6.45, 7) is -0.115. The predicted molar refractivity (Wildman–Crippen MR) is 114 cm³/mol. The van der Waals surface area contributed by atoms with Gasteiger partial charge in [-0.2, -0.15) is 0 Å². The van der Waals surface area contributed by atoms with Crippen LogP contribution >= 0.6 is 0 Å². The van der Waals surface area contributed by atoms with E-state index < -0.39 is 5.60 Å². The lowest BCUT2D eigenvalue weighted by Gasteiger charge is -2.41. The van der Waals surface area contributed by atoms with Crippen molar-refractivity contribution in [2.75, 3.05) is 13.2 Å². The van der Waals surface area contributed by atoms with Gasteiger partial charge in [0.25, 0.3) is 0 Å². The van der Waals surface area contributed by atoms with E-state index >= 15 is 0 Å². The number of ketones is 3. The van der Waals surface area contributed by atoms with Gasteiger partial charge >= 0.3 is 0 Å². The number of fused-ring (bicyclic) bond motifs is 9. The highest BCUT2D eigenvalue weighted by Crippen LogP contribution is 2.53. The second-order valence-electron chi connectivity index (χ2n) is 8.49. The Bertz CT molecular complexity index is 1460. The molecule has 0 fully saturated rings. The van der Waals surface area contributed by atoms with Crippen molar-refractivity contribution in [1.29, 1.82) is 0 Å². The predicted octanol–water partition coefficient (Wildman–Crippen LogP) is 3.69. The van der Waals surface area contributed by atoms with Crippen LogP contribution in [0.15, 0.2) is 54.1 Å². The molecule has 0 amide bonds. The quantitative estimate of drug-likeness (QED) is 0.548. The van der Waals surface area contributed by atoms with Crippen LogP contribution in [-0.2, 0) is 16.0 Å². The van der Waals surface area contributed by atoms with Crippen molar-refractivity contribution >= 4 is 33.9 Å². The maximum atomic E-state index is 13.9. The summed E-state index contributed by atoms with van der Waals surface area (Å²) in [5.74, 6) is 0.897. The van der Waals surface area contributed by atoms with Crippen LogP contribution in [0, 0.1) is 0 Å². The number of Topliss-reactive ketones (excluding diaryl/α,β-unsaturated/α-hetero) is 3. The molecule has 1 atom stereocenters. The minimum atomic E-state index is -1.47. The minimum absolute atomic E-state index is 0.00510. The van der Waals surface area contributed by atoms with Gasteiger partial charge in [-0.3, -0.25) is 14.4 Å². The number of ether oxygens (including phenoxy) is 3. The Kier molecular flexibility index (Phi) is 3.24. The van der Waals surface area contributed by atoms with Crippen molar-refractivity contribution in [3.63, 3.8) is 0 Å². The molecule has 3 aromatic carbocycles. The van der Waals surface area contributed by atoms with Crippen molar-refractivity contribution in [2.45, 2.75) is 18.4 Å². The van der Waals surface area contributed by atoms with Crippen LogP contribution in [0.5, 0.6) is 11.5 Å². The number of rotatable bonds is 0. The summed E-state index contributed by atoms with van der Waals surface area (Å²) >= 11 is 0. The summed E-state index contributed by atoms with van der Waals surface area (Å²) in [6, 6.07) is 14.7. The summed E-state index contributed by atoms with van der Waals surface area (Å²) in [7, 11) is 0. The van der Waals surface area contributed by atoms with E-state index in [1.165, 1.54) is 0 Å². The van der Waals surface area contributed by atoms with Crippen LogP contribution < -0.4 is 9.47 Å². The zero-order valence-electron chi connectivity index (χ0n) is 16.9. The number of benzene rings is 3. The Morgan fingerprint density at radius 1 is 0.750 bits per heavy atom. The lowest BCUT2D eigenvalue weighted by molar-refractivity contribution is -0.117. The van der Waals surface area contributed by atoms with Crippen molar-refractivity contribution in [1.82, 2.24) is 0 Å². The zero-order valence-corrected chi connectivity index (χ0v) is 16.9. The van der Waals surface area contributed by atoms with E-state index in [0.29, 0.717) is 45.9 Å². The standard InChI is InChI=1S/C26H16O6/c27-18-11-30-23-14-6-2-1-5-13(14)22-17(20(18)23)9-10-26(32-22)21-19(28)12-31-24(21)15-7-3-4-8-16(15)25(26)29/h1-8H,9-12H2. The molecule has 6 nitrogen and oxygen atoms in total. The molecule has 3 aliphatic heterocycles. The van der Waals surface area contributed by atoms with E-state index in [4.69, 9.17) is 14.2 Å². The average Bonchev–Trinajstić information content (AvgIpc) is 3.41. The maximum absolute atomic E-state index is 13.9. The third-order valence-corrected chi connectivity index (χ3v) is 6.89. The molecule has 0 saturated carbocycles. The number of hydrogen-bond donors (Lipinski definition) is 0. The highest BCUT2D eigenvalue weighted by Gasteiger charge is 2.57. The normalized spacial score (nSPS) is 22.8. The summed E-state index contributed by atoms with van der Waals surface area (Å²) in [6.07, 6.45) is 0.661. The summed E-state index contributed by atoms with van der Waals surface area (Å²) in [5, 5.41) is 1.52. The molecule has 1 aliphatic carbocycles. The minimum Gasteiger partial charge on any atom is -0.484 e. The third kappa shape index (κ3) is 1.98. The first kappa shape index (κ1) is 17.7. The molecular weight excluding hydrogens is 408 g/mol. The van der Waals surface area contributed by atoms with E-state index in [1.807, 2.05) is 30.3 Å². The second-order valence-corrected chi connectivity index (χ2v) is 8.49. The fourth-order valence-electron chi connectivity index (χ4n) is 5.54. The van der Waals surface area contributed by atoms with Crippen LogP contribution in [0.4, 0.5) is 0 Å². The molecule has 1 spiro atoms. The highest BCUT2D eigenvalue weighted by molar-refractivity contribution is 6.22. The molecule has 0 aromatic heterocycles. The van der Waals surface area contributed by atoms with Gasteiger partial charge < -0.3 is 14.2 Å². The molecule has 156 valence electrons. The largest absolute Gasteiger partial charge is 0.484 e. The maximum Gasteiger partial charge on any atom is 0.212 e. The summed E-state index contributed by atoms with van der Waals surface area (Å²) < 4.78 is 18.1. The van der Waals surface area contributed by atoms with Gasteiger partial charge in [0.2, 0.25) is 23.0 Å². The van der Waals surface area contributed by atoms with Gasteiger partial charge in [0.15, 0.2) is 13.2 Å². The molecule has 32 heavy (non-hydrogen) atoms. The molecule has 7 rings (SSSR count). The van der Waals surface area contributed by atoms with E-state index in [1.54, 1.807) is 18.2 Å². The van der Waals surface area contributed by atoms with Gasteiger partial charge in [0.1, 0.15) is 17.3 Å². The lowest BCUT2D eigenvalue weighted by Crippen LogP contribution is -2.52. The topological polar surface area (TPSA) is 78.9 Å². The van der Waals surface area contributed by atoms with Crippen LogP contribution in [-0.4, -0.2) is 36.2 Å². The Labute approximate surface area is 182 Å². The molecule has 0 N–H and O–H groups in total. The molecule has 3 aromatic rings. The van der Waals surface area contributed by atoms with Crippen molar-refractivity contribution in [2.24, 2.45) is 0 Å². The van der Waals surface area contributed by atoms with Crippen LogP contribution in [0.25, 0.3) is 16.5 Å². The van der Waals surface area contributed by atoms with E-state index in [-0.39, 0.29) is 37.0 Å². The molecule has 6 heteroatoms. The molecule has 0 saturated heterocycles. The number of carbonyl (C=O) groups excluding carboxylic acids is 3. The zero-order chi connectivity index (χ0) is 21.6. The molecule has 3 heterocycles.